The SMILES string of the molecule is C[C@@H](CO)S(=O)(=O)Cc1ccc(OCc2ccc(F)cc2)cc1. The number of hydrogen-bond acceptors (Lipinski definition) is 4. The van der Waals surface area contributed by atoms with E-state index in [1.165, 1.54) is 19.1 Å². The van der Waals surface area contributed by atoms with Gasteiger partial charge in [0.2, 0.25) is 0 Å². The van der Waals surface area contributed by atoms with Gasteiger partial charge in [0.05, 0.1) is 17.6 Å². The summed E-state index contributed by atoms with van der Waals surface area (Å²) in [7, 11) is -3.36. The maximum atomic E-state index is 12.8. The zero-order chi connectivity index (χ0) is 16.9. The molecule has 6 heteroatoms. The predicted molar refractivity (Wildman–Crippen MR) is 86.3 cm³/mol. The van der Waals surface area contributed by atoms with Crippen LogP contribution in [-0.2, 0) is 22.2 Å². The van der Waals surface area contributed by atoms with E-state index in [0.29, 0.717) is 17.9 Å². The van der Waals surface area contributed by atoms with Crippen LogP contribution in [0.5, 0.6) is 5.75 Å². The highest BCUT2D eigenvalue weighted by Crippen LogP contribution is 2.17. The lowest BCUT2D eigenvalue weighted by Crippen LogP contribution is -2.23. The first kappa shape index (κ1) is 17.4. The van der Waals surface area contributed by atoms with Crippen molar-refractivity contribution in [2.45, 2.75) is 24.5 Å². The Kier molecular flexibility index (Phi) is 5.74. The number of halogens is 1. The third kappa shape index (κ3) is 5.04. The lowest BCUT2D eigenvalue weighted by Gasteiger charge is -2.11. The van der Waals surface area contributed by atoms with Crippen molar-refractivity contribution in [2.24, 2.45) is 0 Å². The van der Waals surface area contributed by atoms with Gasteiger partial charge in [0.15, 0.2) is 9.84 Å². The van der Waals surface area contributed by atoms with Crippen LogP contribution in [0.15, 0.2) is 48.5 Å². The van der Waals surface area contributed by atoms with Gasteiger partial charge in [-0.3, -0.25) is 0 Å². The summed E-state index contributed by atoms with van der Waals surface area (Å²) < 4.78 is 42.2. The Morgan fingerprint density at radius 3 is 2.17 bits per heavy atom. The summed E-state index contributed by atoms with van der Waals surface area (Å²) in [6, 6.07) is 12.8. The standard InChI is InChI=1S/C17H19FO4S/c1-13(10-19)23(20,21)12-15-4-8-17(9-5-15)22-11-14-2-6-16(18)7-3-14/h2-9,13,19H,10-12H2,1H3/t13-/m0/s1. The molecule has 0 unspecified atom stereocenters. The molecule has 0 spiro atoms. The lowest BCUT2D eigenvalue weighted by molar-refractivity contribution is 0.295. The van der Waals surface area contributed by atoms with Crippen molar-refractivity contribution in [2.75, 3.05) is 6.61 Å². The number of benzene rings is 2. The number of aliphatic hydroxyl groups excluding tert-OH is 1. The fraction of sp³-hybridized carbons (Fsp3) is 0.294. The highest BCUT2D eigenvalue weighted by atomic mass is 32.2. The summed E-state index contributed by atoms with van der Waals surface area (Å²) in [6.45, 7) is 1.40. The monoisotopic (exact) mass is 338 g/mol. The molecule has 0 amide bonds. The molecule has 1 N–H and O–H groups in total. The van der Waals surface area contributed by atoms with E-state index >= 15 is 0 Å². The van der Waals surface area contributed by atoms with Gasteiger partial charge < -0.3 is 9.84 Å². The van der Waals surface area contributed by atoms with E-state index in [2.05, 4.69) is 0 Å². The number of sulfone groups is 1. The van der Waals surface area contributed by atoms with Crippen molar-refractivity contribution in [3.63, 3.8) is 0 Å². The summed E-state index contributed by atoms with van der Waals surface area (Å²) in [5.74, 6) is 0.189. The van der Waals surface area contributed by atoms with E-state index in [9.17, 15) is 12.8 Å². The van der Waals surface area contributed by atoms with Crippen LogP contribution in [0.2, 0.25) is 0 Å². The van der Waals surface area contributed by atoms with Crippen molar-refractivity contribution < 1.29 is 22.7 Å². The van der Waals surface area contributed by atoms with Gasteiger partial charge in [-0.1, -0.05) is 24.3 Å². The van der Waals surface area contributed by atoms with Crippen molar-refractivity contribution in [3.8, 4) is 5.75 Å². The van der Waals surface area contributed by atoms with Crippen LogP contribution in [0.4, 0.5) is 4.39 Å². The second kappa shape index (κ2) is 7.57. The van der Waals surface area contributed by atoms with Gasteiger partial charge in [-0.05, 0) is 42.3 Å². The number of rotatable bonds is 7. The molecular formula is C17H19FO4S. The Bertz CT molecular complexity index is 724. The highest BCUT2D eigenvalue weighted by molar-refractivity contribution is 7.91. The van der Waals surface area contributed by atoms with Gasteiger partial charge in [-0.25, -0.2) is 12.8 Å². The third-order valence-electron chi connectivity index (χ3n) is 3.48. The van der Waals surface area contributed by atoms with Crippen LogP contribution in [0, 0.1) is 5.82 Å². The Morgan fingerprint density at radius 1 is 1.04 bits per heavy atom. The molecule has 0 radical (unpaired) electrons. The molecule has 0 saturated heterocycles. The maximum Gasteiger partial charge on any atom is 0.159 e. The Balaban J connectivity index is 1.95. The lowest BCUT2D eigenvalue weighted by atomic mass is 10.2. The molecule has 2 rings (SSSR count). The van der Waals surface area contributed by atoms with Crippen LogP contribution in [-0.4, -0.2) is 25.4 Å². The molecule has 4 nitrogen and oxygen atoms in total. The third-order valence-corrected chi connectivity index (χ3v) is 5.59. The van der Waals surface area contributed by atoms with E-state index in [1.54, 1.807) is 36.4 Å². The zero-order valence-electron chi connectivity index (χ0n) is 12.8. The number of aliphatic hydroxyl groups is 1. The number of hydrogen-bond donors (Lipinski definition) is 1. The first-order valence-electron chi connectivity index (χ1n) is 7.19. The predicted octanol–water partition coefficient (Wildman–Crippen LogP) is 2.70. The molecular weight excluding hydrogens is 319 g/mol. The molecule has 0 aliphatic rings. The Morgan fingerprint density at radius 2 is 1.61 bits per heavy atom. The second-order valence-corrected chi connectivity index (χ2v) is 7.78. The van der Waals surface area contributed by atoms with Gasteiger partial charge in [-0.15, -0.1) is 0 Å². The molecule has 1 atom stereocenters. The molecule has 0 fully saturated rings. The van der Waals surface area contributed by atoms with Crippen molar-refractivity contribution >= 4 is 9.84 Å². The van der Waals surface area contributed by atoms with Gasteiger partial charge in [0.25, 0.3) is 0 Å². The number of ether oxygens (including phenoxy) is 1. The minimum atomic E-state index is -3.36. The molecule has 0 heterocycles. The topological polar surface area (TPSA) is 63.6 Å². The van der Waals surface area contributed by atoms with Crippen molar-refractivity contribution in [3.05, 3.63) is 65.5 Å². The summed E-state index contributed by atoms with van der Waals surface area (Å²) in [4.78, 5) is 0. The smallest absolute Gasteiger partial charge is 0.159 e. The minimum Gasteiger partial charge on any atom is -0.489 e. The Hall–Kier alpha value is -1.92. The average molecular weight is 338 g/mol. The van der Waals surface area contributed by atoms with Crippen LogP contribution < -0.4 is 4.74 Å². The Labute approximate surface area is 135 Å². The van der Waals surface area contributed by atoms with Crippen LogP contribution in [0.1, 0.15) is 18.1 Å². The first-order valence-corrected chi connectivity index (χ1v) is 8.91. The molecule has 0 saturated carbocycles. The fourth-order valence-corrected chi connectivity index (χ4v) is 3.09. The van der Waals surface area contributed by atoms with E-state index in [0.717, 1.165) is 5.56 Å². The first-order chi connectivity index (χ1) is 10.9. The maximum absolute atomic E-state index is 12.8. The quantitative estimate of drug-likeness (QED) is 0.843. The molecule has 2 aromatic rings. The van der Waals surface area contributed by atoms with Gasteiger partial charge in [0.1, 0.15) is 18.2 Å². The highest BCUT2D eigenvalue weighted by Gasteiger charge is 2.20. The minimum absolute atomic E-state index is 0.118. The zero-order valence-corrected chi connectivity index (χ0v) is 13.6. The van der Waals surface area contributed by atoms with Gasteiger partial charge in [-0.2, -0.15) is 0 Å². The molecule has 0 aromatic heterocycles. The van der Waals surface area contributed by atoms with Crippen LogP contribution in [0.25, 0.3) is 0 Å². The van der Waals surface area contributed by atoms with E-state index < -0.39 is 15.1 Å². The normalized spacial score (nSPS) is 12.8. The second-order valence-electron chi connectivity index (χ2n) is 5.36. The summed E-state index contributed by atoms with van der Waals surface area (Å²) in [5, 5.41) is 8.18. The summed E-state index contributed by atoms with van der Waals surface area (Å²) in [5.41, 5.74) is 1.48. The van der Waals surface area contributed by atoms with Crippen molar-refractivity contribution in [1.29, 1.82) is 0 Å². The van der Waals surface area contributed by atoms with Crippen molar-refractivity contribution in [1.82, 2.24) is 0 Å². The molecule has 23 heavy (non-hydrogen) atoms. The summed E-state index contributed by atoms with van der Waals surface area (Å²) in [6.07, 6.45) is 0. The molecule has 0 bridgehead atoms. The van der Waals surface area contributed by atoms with E-state index in [1.807, 2.05) is 0 Å². The van der Waals surface area contributed by atoms with Crippen LogP contribution >= 0.6 is 0 Å². The fourth-order valence-electron chi connectivity index (χ4n) is 1.92. The molecule has 0 aliphatic heterocycles. The molecule has 0 aliphatic carbocycles. The van der Waals surface area contributed by atoms with Gasteiger partial charge in [0, 0.05) is 0 Å². The van der Waals surface area contributed by atoms with E-state index in [4.69, 9.17) is 9.84 Å². The molecule has 2 aromatic carbocycles. The summed E-state index contributed by atoms with van der Waals surface area (Å²) >= 11 is 0. The van der Waals surface area contributed by atoms with Crippen LogP contribution in [0.3, 0.4) is 0 Å². The van der Waals surface area contributed by atoms with E-state index in [-0.39, 0.29) is 18.2 Å². The molecule has 124 valence electrons. The largest absolute Gasteiger partial charge is 0.489 e. The van der Waals surface area contributed by atoms with Gasteiger partial charge >= 0.3 is 0 Å². The average Bonchev–Trinajstić information content (AvgIpc) is 2.54.